The molecule has 130 valence electrons. The van der Waals surface area contributed by atoms with Gasteiger partial charge in [-0.3, -0.25) is 4.79 Å². The van der Waals surface area contributed by atoms with Crippen molar-refractivity contribution in [3.63, 3.8) is 0 Å². The minimum Gasteiger partial charge on any atom is -0.459 e. The minimum absolute atomic E-state index is 0.00180. The highest BCUT2D eigenvalue weighted by atomic mass is 16.5. The van der Waals surface area contributed by atoms with E-state index in [0.29, 0.717) is 11.7 Å². The molecule has 1 aromatic rings. The second kappa shape index (κ2) is 7.97. The summed E-state index contributed by atoms with van der Waals surface area (Å²) in [7, 11) is 4.11. The third-order valence-electron chi connectivity index (χ3n) is 4.33. The highest BCUT2D eigenvalue weighted by Crippen LogP contribution is 2.29. The first-order valence-corrected chi connectivity index (χ1v) is 8.49. The van der Waals surface area contributed by atoms with Crippen molar-refractivity contribution in [2.45, 2.75) is 38.7 Å². The molecule has 1 unspecified atom stereocenters. The van der Waals surface area contributed by atoms with E-state index in [4.69, 9.17) is 9.15 Å². The fraction of sp³-hybridized carbons (Fsp3) is 0.722. The van der Waals surface area contributed by atoms with Crippen molar-refractivity contribution in [2.24, 2.45) is 5.92 Å². The zero-order chi connectivity index (χ0) is 16.9. The average molecular weight is 322 g/mol. The van der Waals surface area contributed by atoms with Crippen LogP contribution in [0.15, 0.2) is 22.8 Å². The summed E-state index contributed by atoms with van der Waals surface area (Å²) in [6.07, 6.45) is 4.52. The van der Waals surface area contributed by atoms with E-state index >= 15 is 0 Å². The molecule has 1 aliphatic heterocycles. The summed E-state index contributed by atoms with van der Waals surface area (Å²) in [6, 6.07) is 3.51. The molecule has 0 N–H and O–H groups in total. The first-order chi connectivity index (χ1) is 10.9. The van der Waals surface area contributed by atoms with Crippen LogP contribution in [0, 0.1) is 5.92 Å². The lowest BCUT2D eigenvalue weighted by Crippen LogP contribution is -2.42. The van der Waals surface area contributed by atoms with Crippen molar-refractivity contribution in [1.82, 2.24) is 9.80 Å². The van der Waals surface area contributed by atoms with E-state index in [9.17, 15) is 4.79 Å². The van der Waals surface area contributed by atoms with Gasteiger partial charge in [0.15, 0.2) is 5.76 Å². The Hall–Kier alpha value is -1.33. The molecule has 23 heavy (non-hydrogen) atoms. The average Bonchev–Trinajstić information content (AvgIpc) is 2.98. The van der Waals surface area contributed by atoms with E-state index in [2.05, 4.69) is 32.8 Å². The van der Waals surface area contributed by atoms with Gasteiger partial charge < -0.3 is 19.0 Å². The van der Waals surface area contributed by atoms with Gasteiger partial charge in [-0.25, -0.2) is 0 Å². The van der Waals surface area contributed by atoms with Crippen LogP contribution in [0.2, 0.25) is 0 Å². The van der Waals surface area contributed by atoms with Crippen LogP contribution in [0.1, 0.15) is 43.7 Å². The topological polar surface area (TPSA) is 45.9 Å². The highest BCUT2D eigenvalue weighted by Gasteiger charge is 2.31. The molecular formula is C18H30N2O3. The van der Waals surface area contributed by atoms with Crippen molar-refractivity contribution in [3.8, 4) is 0 Å². The molecule has 1 aliphatic rings. The Morgan fingerprint density at radius 3 is 2.74 bits per heavy atom. The molecule has 0 saturated carbocycles. The zero-order valence-electron chi connectivity index (χ0n) is 14.9. The monoisotopic (exact) mass is 322 g/mol. The number of nitrogens with zero attached hydrogens (tertiary/aromatic N) is 2. The van der Waals surface area contributed by atoms with E-state index in [0.717, 1.165) is 45.5 Å². The Labute approximate surface area is 139 Å². The third-order valence-corrected chi connectivity index (χ3v) is 4.33. The van der Waals surface area contributed by atoms with E-state index < -0.39 is 0 Å². The predicted octanol–water partition coefficient (Wildman–Crippen LogP) is 2.88. The summed E-state index contributed by atoms with van der Waals surface area (Å²) < 4.78 is 11.1. The summed E-state index contributed by atoms with van der Waals surface area (Å²) in [5.74, 6) is 0.913. The summed E-state index contributed by atoms with van der Waals surface area (Å²) in [4.78, 5) is 16.8. The highest BCUT2D eigenvalue weighted by molar-refractivity contribution is 5.91. The summed E-state index contributed by atoms with van der Waals surface area (Å²) in [5.41, 5.74) is -0.0913. The lowest BCUT2D eigenvalue weighted by molar-refractivity contribution is -0.0757. The van der Waals surface area contributed by atoms with E-state index in [1.54, 1.807) is 18.4 Å². The van der Waals surface area contributed by atoms with Crippen molar-refractivity contribution < 1.29 is 13.9 Å². The third kappa shape index (κ3) is 5.66. The number of hydrogen-bond donors (Lipinski definition) is 0. The Kier molecular flexibility index (Phi) is 6.25. The predicted molar refractivity (Wildman–Crippen MR) is 90.5 cm³/mol. The Morgan fingerprint density at radius 1 is 1.35 bits per heavy atom. The molecule has 1 aromatic heterocycles. The molecule has 1 fully saturated rings. The van der Waals surface area contributed by atoms with Crippen LogP contribution in [0.5, 0.6) is 0 Å². The second-order valence-electron chi connectivity index (χ2n) is 7.35. The minimum atomic E-state index is -0.0913. The Morgan fingerprint density at radius 2 is 2.13 bits per heavy atom. The molecule has 1 amide bonds. The number of furan rings is 1. The van der Waals surface area contributed by atoms with Gasteiger partial charge >= 0.3 is 0 Å². The SMILES string of the molecule is CN(C)CCCN(CC1CCOC(C)(C)C1)C(=O)c1ccco1. The molecule has 2 heterocycles. The summed E-state index contributed by atoms with van der Waals surface area (Å²) >= 11 is 0. The number of rotatable bonds is 7. The maximum absolute atomic E-state index is 12.7. The van der Waals surface area contributed by atoms with E-state index in [-0.39, 0.29) is 11.5 Å². The maximum atomic E-state index is 12.7. The number of hydrogen-bond acceptors (Lipinski definition) is 4. The molecule has 0 spiro atoms. The Bertz CT molecular complexity index is 482. The summed E-state index contributed by atoms with van der Waals surface area (Å²) in [5, 5.41) is 0. The fourth-order valence-corrected chi connectivity index (χ4v) is 3.24. The van der Waals surface area contributed by atoms with Crippen LogP contribution in [-0.4, -0.2) is 61.6 Å². The van der Waals surface area contributed by atoms with Gasteiger partial charge in [0.1, 0.15) is 0 Å². The van der Waals surface area contributed by atoms with Gasteiger partial charge in [0.25, 0.3) is 5.91 Å². The van der Waals surface area contributed by atoms with Crippen molar-refractivity contribution in [3.05, 3.63) is 24.2 Å². The van der Waals surface area contributed by atoms with Gasteiger partial charge in [0.05, 0.1) is 11.9 Å². The van der Waals surface area contributed by atoms with Crippen LogP contribution in [0.25, 0.3) is 0 Å². The van der Waals surface area contributed by atoms with Crippen LogP contribution in [-0.2, 0) is 4.74 Å². The number of carbonyl (C=O) groups excluding carboxylic acids is 1. The largest absolute Gasteiger partial charge is 0.459 e. The van der Waals surface area contributed by atoms with Crippen molar-refractivity contribution in [1.29, 1.82) is 0 Å². The second-order valence-corrected chi connectivity index (χ2v) is 7.35. The van der Waals surface area contributed by atoms with Gasteiger partial charge in [-0.2, -0.15) is 0 Å². The van der Waals surface area contributed by atoms with Crippen LogP contribution < -0.4 is 0 Å². The zero-order valence-corrected chi connectivity index (χ0v) is 14.9. The lowest BCUT2D eigenvalue weighted by atomic mass is 9.88. The molecule has 1 saturated heterocycles. The standard InChI is InChI=1S/C18H30N2O3/c1-18(2)13-15(8-12-23-18)14-20(10-6-9-19(3)4)17(21)16-7-5-11-22-16/h5,7,11,15H,6,8-10,12-14H2,1-4H3. The van der Waals surface area contributed by atoms with Crippen LogP contribution >= 0.6 is 0 Å². The molecule has 5 nitrogen and oxygen atoms in total. The van der Waals surface area contributed by atoms with Gasteiger partial charge in [0.2, 0.25) is 0 Å². The molecule has 1 atom stereocenters. The lowest BCUT2D eigenvalue weighted by Gasteiger charge is -2.37. The quantitative estimate of drug-likeness (QED) is 0.774. The Balaban J connectivity index is 1.99. The maximum Gasteiger partial charge on any atom is 0.289 e. The van der Waals surface area contributed by atoms with Crippen molar-refractivity contribution >= 4 is 5.91 Å². The number of carbonyl (C=O) groups is 1. The number of amides is 1. The van der Waals surface area contributed by atoms with Crippen molar-refractivity contribution in [2.75, 3.05) is 40.3 Å². The first-order valence-electron chi connectivity index (χ1n) is 8.49. The van der Waals surface area contributed by atoms with Gasteiger partial charge in [0, 0.05) is 19.7 Å². The van der Waals surface area contributed by atoms with E-state index in [1.165, 1.54) is 0 Å². The van der Waals surface area contributed by atoms with Gasteiger partial charge in [-0.15, -0.1) is 0 Å². The van der Waals surface area contributed by atoms with Gasteiger partial charge in [-0.1, -0.05) is 0 Å². The van der Waals surface area contributed by atoms with E-state index in [1.807, 2.05) is 4.90 Å². The molecule has 0 bridgehead atoms. The smallest absolute Gasteiger partial charge is 0.289 e. The molecule has 0 aliphatic carbocycles. The van der Waals surface area contributed by atoms with Crippen LogP contribution in [0.4, 0.5) is 0 Å². The van der Waals surface area contributed by atoms with Gasteiger partial charge in [-0.05, 0) is 71.8 Å². The molecule has 2 rings (SSSR count). The first kappa shape index (κ1) is 18.0. The summed E-state index contributed by atoms with van der Waals surface area (Å²) in [6.45, 7) is 7.54. The molecular weight excluding hydrogens is 292 g/mol. The van der Waals surface area contributed by atoms with Crippen LogP contribution in [0.3, 0.4) is 0 Å². The fourth-order valence-electron chi connectivity index (χ4n) is 3.24. The molecule has 0 aromatic carbocycles. The molecule has 0 radical (unpaired) electrons. The number of ether oxygens (including phenoxy) is 1. The molecule has 5 heteroatoms. The normalized spacial score (nSPS) is 20.7.